The van der Waals surface area contributed by atoms with Gasteiger partial charge in [-0.25, -0.2) is 4.99 Å². The van der Waals surface area contributed by atoms with Crippen LogP contribution in [0.5, 0.6) is 0 Å². The molecule has 142 valence electrons. The summed E-state index contributed by atoms with van der Waals surface area (Å²) in [5.41, 5.74) is 2.56. The summed E-state index contributed by atoms with van der Waals surface area (Å²) in [7, 11) is -4.67. The van der Waals surface area contributed by atoms with Crippen LogP contribution < -0.4 is 0 Å². The number of aliphatic imine (C=N–C) groups is 1. The van der Waals surface area contributed by atoms with E-state index in [-0.39, 0.29) is 0 Å². The first-order valence-corrected chi connectivity index (χ1v) is 11.9. The van der Waals surface area contributed by atoms with Gasteiger partial charge in [0, 0.05) is 11.5 Å². The molecule has 2 N–H and O–H groups in total. The van der Waals surface area contributed by atoms with Gasteiger partial charge in [0.05, 0.1) is 5.69 Å². The first-order chi connectivity index (χ1) is 11.9. The quantitative estimate of drug-likeness (QED) is 0.444. The van der Waals surface area contributed by atoms with Crippen molar-refractivity contribution in [2.24, 2.45) is 4.99 Å². The van der Waals surface area contributed by atoms with Gasteiger partial charge in [0.25, 0.3) is 0 Å². The normalized spacial score (nSPS) is 14.1. The molecule has 1 saturated heterocycles. The van der Waals surface area contributed by atoms with Crippen LogP contribution in [0.4, 0.5) is 5.69 Å². The van der Waals surface area contributed by atoms with Crippen molar-refractivity contribution in [3.05, 3.63) is 29.8 Å². The topological polar surface area (TPSA) is 87.0 Å². The van der Waals surface area contributed by atoms with E-state index < -0.39 is 10.4 Å². The SMILES string of the molecule is CCCCCCCCc1ccc(N=C2SCCS2)cc1.O=S(=O)(O)O. The molecular weight excluding hydrogens is 378 g/mol. The fourth-order valence-electron chi connectivity index (χ4n) is 2.32. The molecule has 0 aliphatic carbocycles. The number of benzene rings is 1. The first kappa shape index (κ1) is 22.5. The van der Waals surface area contributed by atoms with E-state index in [9.17, 15) is 0 Å². The Balaban J connectivity index is 0.000000550. The minimum absolute atomic E-state index is 1.11. The van der Waals surface area contributed by atoms with Gasteiger partial charge in [0.15, 0.2) is 0 Å². The van der Waals surface area contributed by atoms with Crippen LogP contribution in [0.3, 0.4) is 0 Å². The second kappa shape index (κ2) is 12.8. The Labute approximate surface area is 159 Å². The Morgan fingerprint density at radius 3 is 2.04 bits per heavy atom. The number of hydrogen-bond donors (Lipinski definition) is 2. The van der Waals surface area contributed by atoms with Crippen molar-refractivity contribution in [3.8, 4) is 0 Å². The number of nitrogens with zero attached hydrogens (tertiary/aromatic N) is 1. The highest BCUT2D eigenvalue weighted by Gasteiger charge is 2.09. The summed E-state index contributed by atoms with van der Waals surface area (Å²) < 4.78 is 32.8. The molecule has 1 heterocycles. The zero-order valence-electron chi connectivity index (χ0n) is 14.6. The number of aryl methyl sites for hydroxylation is 1. The molecule has 1 aliphatic heterocycles. The van der Waals surface area contributed by atoms with Crippen LogP contribution in [-0.4, -0.2) is 33.4 Å². The maximum atomic E-state index is 8.74. The van der Waals surface area contributed by atoms with E-state index in [0.717, 1.165) is 5.69 Å². The lowest BCUT2D eigenvalue weighted by Crippen LogP contribution is -1.89. The minimum atomic E-state index is -4.67. The Kier molecular flexibility index (Phi) is 11.5. The highest BCUT2D eigenvalue weighted by Crippen LogP contribution is 2.29. The van der Waals surface area contributed by atoms with Crippen LogP contribution in [0.25, 0.3) is 0 Å². The Morgan fingerprint density at radius 2 is 1.48 bits per heavy atom. The monoisotopic (exact) mass is 405 g/mol. The number of unbranched alkanes of at least 4 members (excludes halogenated alkanes) is 5. The summed E-state index contributed by atoms with van der Waals surface area (Å²) in [6, 6.07) is 8.82. The van der Waals surface area contributed by atoms with Gasteiger partial charge in [-0.15, -0.1) is 0 Å². The lowest BCUT2D eigenvalue weighted by atomic mass is 10.0. The molecule has 2 rings (SSSR count). The molecule has 0 atom stereocenters. The van der Waals surface area contributed by atoms with Gasteiger partial charge in [0.2, 0.25) is 0 Å². The van der Waals surface area contributed by atoms with Crippen molar-refractivity contribution >= 4 is 44.0 Å². The van der Waals surface area contributed by atoms with E-state index in [0.29, 0.717) is 0 Å². The first-order valence-electron chi connectivity index (χ1n) is 8.51. The lowest BCUT2D eigenvalue weighted by molar-refractivity contribution is 0.381. The van der Waals surface area contributed by atoms with Gasteiger partial charge < -0.3 is 0 Å². The van der Waals surface area contributed by atoms with E-state index >= 15 is 0 Å². The molecule has 0 unspecified atom stereocenters. The molecule has 0 spiro atoms. The molecule has 0 bridgehead atoms. The van der Waals surface area contributed by atoms with Crippen molar-refractivity contribution in [3.63, 3.8) is 0 Å². The van der Waals surface area contributed by atoms with Crippen LogP contribution in [0, 0.1) is 0 Å². The highest BCUT2D eigenvalue weighted by atomic mass is 32.3. The molecule has 25 heavy (non-hydrogen) atoms. The van der Waals surface area contributed by atoms with Crippen LogP contribution in [0.15, 0.2) is 29.3 Å². The molecule has 1 aromatic rings. The predicted octanol–water partition coefficient (Wildman–Crippen LogP) is 5.40. The second-order valence-electron chi connectivity index (χ2n) is 5.71. The summed E-state index contributed by atoms with van der Waals surface area (Å²) in [5.74, 6) is 2.42. The molecule has 1 aliphatic rings. The van der Waals surface area contributed by atoms with Crippen LogP contribution in [0.2, 0.25) is 0 Å². The smallest absolute Gasteiger partial charge is 0.264 e. The van der Waals surface area contributed by atoms with Gasteiger partial charge in [-0.2, -0.15) is 8.42 Å². The number of hydrogen-bond acceptors (Lipinski definition) is 5. The predicted molar refractivity (Wildman–Crippen MR) is 110 cm³/mol. The van der Waals surface area contributed by atoms with Crippen LogP contribution >= 0.6 is 23.5 Å². The highest BCUT2D eigenvalue weighted by molar-refractivity contribution is 8.41. The van der Waals surface area contributed by atoms with Gasteiger partial charge in [-0.1, -0.05) is 74.7 Å². The van der Waals surface area contributed by atoms with Crippen LogP contribution in [0.1, 0.15) is 51.0 Å². The molecule has 8 heteroatoms. The Morgan fingerprint density at radius 1 is 0.960 bits per heavy atom. The molecule has 1 aromatic carbocycles. The third-order valence-corrected chi connectivity index (χ3v) is 5.97. The molecule has 0 amide bonds. The molecule has 0 saturated carbocycles. The number of thioether (sulfide) groups is 2. The Hall–Kier alpha value is -0.540. The molecular formula is C17H27NO4S3. The van der Waals surface area contributed by atoms with Crippen molar-refractivity contribution in [1.29, 1.82) is 0 Å². The van der Waals surface area contributed by atoms with Gasteiger partial charge in [-0.05, 0) is 30.5 Å². The standard InChI is InChI=1S/C17H25NS2.H2O4S/c1-2-3-4-5-6-7-8-15-9-11-16(12-10-15)18-17-19-13-14-20-17;1-5(2,3)4/h9-12H,2-8,13-14H2,1H3;(H2,1,2,3,4). The second-order valence-corrected chi connectivity index (χ2v) is 9.03. The third-order valence-electron chi connectivity index (χ3n) is 3.51. The fraction of sp³-hybridized carbons (Fsp3) is 0.588. The minimum Gasteiger partial charge on any atom is -0.264 e. The van der Waals surface area contributed by atoms with E-state index in [4.69, 9.17) is 17.5 Å². The van der Waals surface area contributed by atoms with Crippen molar-refractivity contribution < 1.29 is 17.5 Å². The van der Waals surface area contributed by atoms with Crippen molar-refractivity contribution in [2.45, 2.75) is 51.9 Å². The third kappa shape index (κ3) is 13.3. The largest absolute Gasteiger partial charge is 0.394 e. The maximum absolute atomic E-state index is 8.74. The average Bonchev–Trinajstić information content (AvgIpc) is 3.04. The fourth-order valence-corrected chi connectivity index (χ4v) is 4.51. The maximum Gasteiger partial charge on any atom is 0.394 e. The summed E-state index contributed by atoms with van der Waals surface area (Å²) in [4.78, 5) is 4.67. The summed E-state index contributed by atoms with van der Waals surface area (Å²) in [6.45, 7) is 2.27. The van der Waals surface area contributed by atoms with E-state index in [1.807, 2.05) is 23.5 Å². The molecule has 1 fully saturated rings. The Bertz CT molecular complexity index is 599. The van der Waals surface area contributed by atoms with Gasteiger partial charge in [0.1, 0.15) is 4.38 Å². The zero-order valence-corrected chi connectivity index (χ0v) is 17.0. The molecule has 0 aromatic heterocycles. The lowest BCUT2D eigenvalue weighted by Gasteiger charge is -2.03. The summed E-state index contributed by atoms with van der Waals surface area (Å²) in [6.07, 6.45) is 9.44. The van der Waals surface area contributed by atoms with E-state index in [1.165, 1.54) is 66.4 Å². The average molecular weight is 406 g/mol. The molecule has 0 radical (unpaired) electrons. The van der Waals surface area contributed by atoms with Crippen molar-refractivity contribution in [2.75, 3.05) is 11.5 Å². The van der Waals surface area contributed by atoms with E-state index in [2.05, 4.69) is 36.2 Å². The van der Waals surface area contributed by atoms with Gasteiger partial charge >= 0.3 is 10.4 Å². The number of rotatable bonds is 8. The van der Waals surface area contributed by atoms with Crippen molar-refractivity contribution in [1.82, 2.24) is 0 Å². The molecule has 5 nitrogen and oxygen atoms in total. The zero-order chi connectivity index (χ0) is 18.5. The van der Waals surface area contributed by atoms with Crippen LogP contribution in [-0.2, 0) is 16.8 Å². The summed E-state index contributed by atoms with van der Waals surface area (Å²) in [5, 5.41) is 0. The summed E-state index contributed by atoms with van der Waals surface area (Å²) >= 11 is 3.76. The van der Waals surface area contributed by atoms with Gasteiger partial charge in [-0.3, -0.25) is 9.11 Å². The van der Waals surface area contributed by atoms with E-state index in [1.54, 1.807) is 0 Å².